The predicted octanol–water partition coefficient (Wildman–Crippen LogP) is 2.43. The molecule has 0 aliphatic heterocycles. The summed E-state index contributed by atoms with van der Waals surface area (Å²) in [6, 6.07) is 0. The average molecular weight is 294 g/mol. The fraction of sp³-hybridized carbons (Fsp3) is 0.357. The van der Waals surface area contributed by atoms with E-state index in [1.807, 2.05) is 13.0 Å². The molecule has 6 heteroatoms. The van der Waals surface area contributed by atoms with Crippen molar-refractivity contribution in [1.82, 2.24) is 9.97 Å². The molecule has 0 amide bonds. The van der Waals surface area contributed by atoms with Gasteiger partial charge in [0, 0.05) is 17.8 Å². The Balaban J connectivity index is 2.24. The lowest BCUT2D eigenvalue weighted by atomic mass is 10.1. The van der Waals surface area contributed by atoms with E-state index in [9.17, 15) is 9.59 Å². The van der Waals surface area contributed by atoms with Crippen LogP contribution >= 0.6 is 12.2 Å². The van der Waals surface area contributed by atoms with E-state index in [-0.39, 0.29) is 11.5 Å². The van der Waals surface area contributed by atoms with Crippen LogP contribution in [-0.4, -0.2) is 22.5 Å². The summed E-state index contributed by atoms with van der Waals surface area (Å²) in [4.78, 5) is 28.1. The third kappa shape index (κ3) is 6.29. The van der Waals surface area contributed by atoms with E-state index in [0.29, 0.717) is 29.8 Å². The summed E-state index contributed by atoms with van der Waals surface area (Å²) < 4.78 is 5.33. The molecule has 20 heavy (non-hydrogen) atoms. The Kier molecular flexibility index (Phi) is 7.27. The molecule has 1 aromatic heterocycles. The third-order valence-corrected chi connectivity index (χ3v) is 2.74. The highest BCUT2D eigenvalue weighted by Gasteiger charge is 2.00. The lowest BCUT2D eigenvalue weighted by molar-refractivity contribution is -0.137. The number of esters is 1. The first kappa shape index (κ1) is 16.1. The third-order valence-electron chi connectivity index (χ3n) is 2.52. The van der Waals surface area contributed by atoms with E-state index in [1.54, 1.807) is 18.3 Å². The first-order chi connectivity index (χ1) is 9.63. The van der Waals surface area contributed by atoms with E-state index in [1.165, 1.54) is 6.08 Å². The first-order valence-corrected chi connectivity index (χ1v) is 6.81. The van der Waals surface area contributed by atoms with Crippen molar-refractivity contribution < 1.29 is 9.53 Å². The molecule has 2 N–H and O–H groups in total. The number of aryl methyl sites for hydroxylation is 1. The van der Waals surface area contributed by atoms with Crippen LogP contribution in [0, 0.1) is 4.77 Å². The van der Waals surface area contributed by atoms with Crippen molar-refractivity contribution in [3.8, 4) is 0 Å². The smallest absolute Gasteiger partial charge is 0.330 e. The van der Waals surface area contributed by atoms with Gasteiger partial charge in [0.2, 0.25) is 0 Å². The van der Waals surface area contributed by atoms with E-state index >= 15 is 0 Å². The Morgan fingerprint density at radius 3 is 2.90 bits per heavy atom. The number of carbonyl (C=O) groups is 1. The van der Waals surface area contributed by atoms with Gasteiger partial charge in [-0.15, -0.1) is 0 Å². The normalized spacial score (nSPS) is 11.2. The summed E-state index contributed by atoms with van der Waals surface area (Å²) >= 11 is 4.81. The van der Waals surface area contributed by atoms with E-state index in [4.69, 9.17) is 17.0 Å². The number of carbonyl (C=O) groups excluding carboxylic acids is 1. The summed E-state index contributed by atoms with van der Waals surface area (Å²) in [6.07, 6.45) is 10.3. The van der Waals surface area contributed by atoms with Crippen molar-refractivity contribution in [3.63, 3.8) is 0 Å². The minimum absolute atomic E-state index is 0.167. The lowest BCUT2D eigenvalue weighted by Gasteiger charge is -2.02. The zero-order chi connectivity index (χ0) is 14.8. The number of nitrogens with one attached hydrogen (secondary N) is 2. The molecular weight excluding hydrogens is 276 g/mol. The van der Waals surface area contributed by atoms with E-state index in [0.717, 1.165) is 6.42 Å². The highest BCUT2D eigenvalue weighted by atomic mass is 32.1. The molecule has 1 rings (SSSR count). The summed E-state index contributed by atoms with van der Waals surface area (Å²) in [5.41, 5.74) is 0.484. The number of aromatic nitrogens is 2. The Bertz CT molecular complexity index is 599. The quantitative estimate of drug-likeness (QED) is 0.266. The van der Waals surface area contributed by atoms with Crippen molar-refractivity contribution in [3.05, 3.63) is 51.2 Å². The Morgan fingerprint density at radius 2 is 2.20 bits per heavy atom. The standard InChI is InChI=1S/C14H18N2O3S/c1-2-3-4-8-12(17)19-9-6-5-7-11-10-15-14(20)16-13(11)18/h2-4,8,10H,5-7,9H2,1H3,(H2,15,16,18,20)/b3-2+,8-4+. The number of allylic oxidation sites excluding steroid dienone is 3. The molecule has 0 aliphatic carbocycles. The lowest BCUT2D eigenvalue weighted by Crippen LogP contribution is -2.13. The Hall–Kier alpha value is -1.95. The molecule has 0 unspecified atom stereocenters. The molecule has 108 valence electrons. The minimum atomic E-state index is -0.357. The van der Waals surface area contributed by atoms with Gasteiger partial charge in [0.05, 0.1) is 6.61 Å². The van der Waals surface area contributed by atoms with Gasteiger partial charge in [0.1, 0.15) is 0 Å². The van der Waals surface area contributed by atoms with Gasteiger partial charge in [-0.1, -0.05) is 18.2 Å². The number of unbranched alkanes of at least 4 members (excludes halogenated alkanes) is 1. The SMILES string of the molecule is C/C=C/C=C/C(=O)OCCCCc1c[nH]c(=S)[nH]c1=O. The van der Waals surface area contributed by atoms with Crippen LogP contribution in [0.3, 0.4) is 0 Å². The van der Waals surface area contributed by atoms with Gasteiger partial charge in [-0.05, 0) is 38.4 Å². The summed E-state index contributed by atoms with van der Waals surface area (Å²) in [5.74, 6) is -0.357. The van der Waals surface area contributed by atoms with Crippen LogP contribution in [0.5, 0.6) is 0 Å². The molecule has 5 nitrogen and oxygen atoms in total. The first-order valence-electron chi connectivity index (χ1n) is 6.40. The maximum atomic E-state index is 11.5. The van der Waals surface area contributed by atoms with Crippen LogP contribution in [-0.2, 0) is 16.0 Å². The molecule has 1 heterocycles. The maximum absolute atomic E-state index is 11.5. The second-order valence-corrected chi connectivity index (χ2v) is 4.51. The monoisotopic (exact) mass is 294 g/mol. The molecule has 0 bridgehead atoms. The van der Waals surface area contributed by atoms with Crippen LogP contribution in [0.1, 0.15) is 25.3 Å². The topological polar surface area (TPSA) is 75.0 Å². The molecule has 0 radical (unpaired) electrons. The Labute approximate surface area is 122 Å². The molecular formula is C14H18N2O3S. The molecule has 0 aliphatic rings. The summed E-state index contributed by atoms with van der Waals surface area (Å²) in [6.45, 7) is 2.22. The second-order valence-electron chi connectivity index (χ2n) is 4.11. The van der Waals surface area contributed by atoms with Crippen molar-refractivity contribution in [2.45, 2.75) is 26.2 Å². The number of hydrogen-bond donors (Lipinski definition) is 2. The van der Waals surface area contributed by atoms with E-state index in [2.05, 4.69) is 9.97 Å². The van der Waals surface area contributed by atoms with Gasteiger partial charge in [0.15, 0.2) is 4.77 Å². The number of aromatic amines is 2. The van der Waals surface area contributed by atoms with Crippen LogP contribution in [0.2, 0.25) is 0 Å². The fourth-order valence-corrected chi connectivity index (χ4v) is 1.66. The molecule has 0 aromatic carbocycles. The minimum Gasteiger partial charge on any atom is -0.463 e. The summed E-state index contributed by atoms with van der Waals surface area (Å²) in [7, 11) is 0. The van der Waals surface area contributed by atoms with Crippen LogP contribution in [0.25, 0.3) is 0 Å². The molecule has 0 saturated heterocycles. The maximum Gasteiger partial charge on any atom is 0.330 e. The number of rotatable bonds is 7. The van der Waals surface area contributed by atoms with Gasteiger partial charge in [-0.2, -0.15) is 0 Å². The molecule has 0 saturated carbocycles. The molecule has 0 atom stereocenters. The Morgan fingerprint density at radius 1 is 1.40 bits per heavy atom. The summed E-state index contributed by atoms with van der Waals surface area (Å²) in [5, 5.41) is 0. The second kappa shape index (κ2) is 9.03. The predicted molar refractivity (Wildman–Crippen MR) is 80.1 cm³/mol. The number of H-pyrrole nitrogens is 2. The van der Waals surface area contributed by atoms with Crippen molar-refractivity contribution >= 4 is 18.2 Å². The van der Waals surface area contributed by atoms with Crippen molar-refractivity contribution in [2.75, 3.05) is 6.61 Å². The van der Waals surface area contributed by atoms with E-state index < -0.39 is 0 Å². The van der Waals surface area contributed by atoms with Crippen LogP contribution in [0.4, 0.5) is 0 Å². The van der Waals surface area contributed by atoms with Gasteiger partial charge < -0.3 is 9.72 Å². The van der Waals surface area contributed by atoms with Crippen molar-refractivity contribution in [2.24, 2.45) is 0 Å². The molecule has 1 aromatic rings. The zero-order valence-electron chi connectivity index (χ0n) is 11.3. The van der Waals surface area contributed by atoms with Crippen molar-refractivity contribution in [1.29, 1.82) is 0 Å². The average Bonchev–Trinajstić information content (AvgIpc) is 2.41. The highest BCUT2D eigenvalue weighted by Crippen LogP contribution is 1.99. The van der Waals surface area contributed by atoms with Gasteiger partial charge in [-0.25, -0.2) is 4.79 Å². The van der Waals surface area contributed by atoms with Gasteiger partial charge >= 0.3 is 5.97 Å². The van der Waals surface area contributed by atoms with Gasteiger partial charge in [0.25, 0.3) is 5.56 Å². The zero-order valence-corrected chi connectivity index (χ0v) is 12.2. The fourth-order valence-electron chi connectivity index (χ4n) is 1.51. The highest BCUT2D eigenvalue weighted by molar-refractivity contribution is 7.71. The van der Waals surface area contributed by atoms with Crippen LogP contribution in [0.15, 0.2) is 35.3 Å². The molecule has 0 spiro atoms. The van der Waals surface area contributed by atoms with Gasteiger partial charge in [-0.3, -0.25) is 9.78 Å². The molecule has 0 fully saturated rings. The number of ether oxygens (including phenoxy) is 1. The largest absolute Gasteiger partial charge is 0.463 e. The van der Waals surface area contributed by atoms with Crippen LogP contribution < -0.4 is 5.56 Å². The number of hydrogen-bond acceptors (Lipinski definition) is 4.